The number of likely N-dealkylation sites (N-methyl/N-ethyl adjacent to an activating group) is 2. The van der Waals surface area contributed by atoms with Crippen LogP contribution in [0.2, 0.25) is 0 Å². The maximum atomic E-state index is 2.76. The van der Waals surface area contributed by atoms with Crippen molar-refractivity contribution in [1.82, 2.24) is 4.90 Å². The van der Waals surface area contributed by atoms with Gasteiger partial charge in [0.25, 0.3) is 0 Å². The average Bonchev–Trinajstić information content (AvgIpc) is 2.86. The Labute approximate surface area is 229 Å². The minimum absolute atomic E-state index is 1.21. The van der Waals surface area contributed by atoms with Crippen LogP contribution in [0.1, 0.15) is 142 Å². The van der Waals surface area contributed by atoms with E-state index in [2.05, 4.69) is 39.9 Å². The van der Waals surface area contributed by atoms with Crippen molar-refractivity contribution in [3.8, 4) is 0 Å². The largest absolute Gasteiger partial charge is 0.327 e. The third kappa shape index (κ3) is 19.0. The van der Waals surface area contributed by atoms with Crippen LogP contribution in [-0.2, 0) is 0 Å². The molecule has 0 N–H and O–H groups in total. The summed E-state index contributed by atoms with van der Waals surface area (Å²) in [7, 11) is 7.45. The van der Waals surface area contributed by atoms with Crippen LogP contribution in [0.25, 0.3) is 0 Å². The van der Waals surface area contributed by atoms with Gasteiger partial charge in [0.2, 0.25) is 0 Å². The SMILES string of the molecule is CCCCCCCCCCCC[N+](C)(C)CCN1CC[N+](C)(CCCCCCCCCCCC)CC1. The molecule has 1 saturated heterocycles. The van der Waals surface area contributed by atoms with Crippen molar-refractivity contribution < 1.29 is 8.97 Å². The summed E-state index contributed by atoms with van der Waals surface area (Å²) in [4.78, 5) is 2.76. The Bertz CT molecular complexity index is 468. The van der Waals surface area contributed by atoms with Crippen LogP contribution in [0, 0.1) is 0 Å². The molecule has 1 heterocycles. The first-order valence-electron chi connectivity index (χ1n) is 16.8. The molecule has 3 heteroatoms. The number of nitrogens with zero attached hydrogens (tertiary/aromatic N) is 3. The van der Waals surface area contributed by atoms with E-state index in [4.69, 9.17) is 0 Å². The summed E-state index contributed by atoms with van der Waals surface area (Å²) >= 11 is 0. The van der Waals surface area contributed by atoms with Gasteiger partial charge in [-0.3, -0.25) is 4.90 Å². The molecule has 1 fully saturated rings. The molecule has 0 aromatic rings. The van der Waals surface area contributed by atoms with Crippen LogP contribution in [0.15, 0.2) is 0 Å². The topological polar surface area (TPSA) is 3.24 Å². The first-order chi connectivity index (χ1) is 17.4. The number of rotatable bonds is 25. The van der Waals surface area contributed by atoms with Crippen LogP contribution < -0.4 is 0 Å². The van der Waals surface area contributed by atoms with Crippen LogP contribution in [0.5, 0.6) is 0 Å². The number of unbranched alkanes of at least 4 members (excludes halogenated alkanes) is 18. The molecule has 0 radical (unpaired) electrons. The first-order valence-corrected chi connectivity index (χ1v) is 16.8. The molecule has 1 aliphatic rings. The summed E-state index contributed by atoms with van der Waals surface area (Å²) in [5.74, 6) is 0. The lowest BCUT2D eigenvalue weighted by Gasteiger charge is -2.43. The first kappa shape index (κ1) is 33.9. The molecule has 0 atom stereocenters. The average molecular weight is 510 g/mol. The summed E-state index contributed by atoms with van der Waals surface area (Å²) in [6.07, 6.45) is 28.9. The molecule has 1 rings (SSSR count). The molecule has 36 heavy (non-hydrogen) atoms. The molecular weight excluding hydrogens is 438 g/mol. The second-order valence-electron chi connectivity index (χ2n) is 13.4. The van der Waals surface area contributed by atoms with E-state index in [9.17, 15) is 0 Å². The van der Waals surface area contributed by atoms with Gasteiger partial charge in [0, 0.05) is 19.6 Å². The number of quaternary nitrogens is 2. The van der Waals surface area contributed by atoms with Crippen LogP contribution >= 0.6 is 0 Å². The summed E-state index contributed by atoms with van der Waals surface area (Å²) < 4.78 is 2.53. The van der Waals surface area contributed by atoms with Crippen molar-refractivity contribution in [2.75, 3.05) is 73.5 Å². The molecule has 0 bridgehead atoms. The van der Waals surface area contributed by atoms with E-state index in [0.717, 1.165) is 0 Å². The molecule has 216 valence electrons. The summed E-state index contributed by atoms with van der Waals surface area (Å²) in [6, 6.07) is 0. The van der Waals surface area contributed by atoms with E-state index in [1.165, 1.54) is 190 Å². The zero-order chi connectivity index (χ0) is 26.4. The van der Waals surface area contributed by atoms with E-state index >= 15 is 0 Å². The third-order valence-corrected chi connectivity index (χ3v) is 9.10. The highest BCUT2D eigenvalue weighted by Crippen LogP contribution is 2.16. The van der Waals surface area contributed by atoms with Crippen LogP contribution in [0.4, 0.5) is 0 Å². The van der Waals surface area contributed by atoms with Crippen molar-refractivity contribution >= 4 is 0 Å². The molecule has 0 unspecified atom stereocenters. The minimum atomic E-state index is 1.21. The van der Waals surface area contributed by atoms with Crippen molar-refractivity contribution in [2.24, 2.45) is 0 Å². The number of hydrogen-bond donors (Lipinski definition) is 0. The van der Waals surface area contributed by atoms with Gasteiger partial charge < -0.3 is 8.97 Å². The second kappa shape index (κ2) is 21.8. The smallest absolute Gasteiger partial charge is 0.0914 e. The van der Waals surface area contributed by atoms with E-state index < -0.39 is 0 Å². The maximum Gasteiger partial charge on any atom is 0.0914 e. The Hall–Kier alpha value is -0.120. The lowest BCUT2D eigenvalue weighted by Crippen LogP contribution is -2.58. The van der Waals surface area contributed by atoms with Gasteiger partial charge in [-0.2, -0.15) is 0 Å². The molecule has 0 amide bonds. The predicted octanol–water partition coefficient (Wildman–Crippen LogP) is 8.67. The molecule has 0 saturated carbocycles. The molecule has 3 nitrogen and oxygen atoms in total. The standard InChI is InChI=1S/C33H71N3/c1-6-8-10-12-14-16-18-20-22-24-29-35(3,4)31-26-34-27-32-36(5,33-28-34)30-25-23-21-19-17-15-13-11-9-7-2/h6-33H2,1-5H3/q+2. The predicted molar refractivity (Wildman–Crippen MR) is 163 cm³/mol. The number of hydrogen-bond acceptors (Lipinski definition) is 1. The van der Waals surface area contributed by atoms with Gasteiger partial charge in [0.1, 0.15) is 0 Å². The second-order valence-corrected chi connectivity index (χ2v) is 13.4. The molecular formula is C33H71N3+2. The van der Waals surface area contributed by atoms with Gasteiger partial charge >= 0.3 is 0 Å². The monoisotopic (exact) mass is 510 g/mol. The van der Waals surface area contributed by atoms with E-state index in [-0.39, 0.29) is 0 Å². The van der Waals surface area contributed by atoms with Gasteiger partial charge in [0.15, 0.2) is 0 Å². The highest BCUT2D eigenvalue weighted by molar-refractivity contribution is 4.64. The lowest BCUT2D eigenvalue weighted by molar-refractivity contribution is -0.914. The molecule has 0 aromatic heterocycles. The van der Waals surface area contributed by atoms with Gasteiger partial charge in [-0.15, -0.1) is 0 Å². The fraction of sp³-hybridized carbons (Fsp3) is 1.00. The Morgan fingerprint density at radius 2 is 0.917 bits per heavy atom. The Morgan fingerprint density at radius 1 is 0.528 bits per heavy atom. The van der Waals surface area contributed by atoms with Crippen molar-refractivity contribution in [2.45, 2.75) is 142 Å². The van der Waals surface area contributed by atoms with Crippen LogP contribution in [-0.4, -0.2) is 87.4 Å². The van der Waals surface area contributed by atoms with Crippen molar-refractivity contribution in [3.05, 3.63) is 0 Å². The Balaban J connectivity index is 2.00. The molecule has 0 aromatic carbocycles. The summed E-state index contributed by atoms with van der Waals surface area (Å²) in [5, 5.41) is 0. The summed E-state index contributed by atoms with van der Waals surface area (Å²) in [5.41, 5.74) is 0. The van der Waals surface area contributed by atoms with E-state index in [1.54, 1.807) is 0 Å². The highest BCUT2D eigenvalue weighted by atomic mass is 15.4. The zero-order valence-electron chi connectivity index (χ0n) is 26.1. The summed E-state index contributed by atoms with van der Waals surface area (Å²) in [6.45, 7) is 15.3. The Morgan fingerprint density at radius 3 is 1.36 bits per heavy atom. The van der Waals surface area contributed by atoms with Gasteiger partial charge in [-0.05, 0) is 25.7 Å². The quantitative estimate of drug-likeness (QED) is 0.0878. The van der Waals surface area contributed by atoms with Gasteiger partial charge in [-0.25, -0.2) is 0 Å². The fourth-order valence-electron chi connectivity index (χ4n) is 5.97. The molecule has 1 aliphatic heterocycles. The van der Waals surface area contributed by atoms with Crippen LogP contribution in [0.3, 0.4) is 0 Å². The normalized spacial score (nSPS) is 16.6. The Kier molecular flexibility index (Phi) is 20.5. The fourth-order valence-corrected chi connectivity index (χ4v) is 5.97. The van der Waals surface area contributed by atoms with E-state index in [0.29, 0.717) is 0 Å². The van der Waals surface area contributed by atoms with Crippen molar-refractivity contribution in [3.63, 3.8) is 0 Å². The molecule has 0 aliphatic carbocycles. The lowest BCUT2D eigenvalue weighted by atomic mass is 10.1. The van der Waals surface area contributed by atoms with E-state index in [1.807, 2.05) is 0 Å². The third-order valence-electron chi connectivity index (χ3n) is 9.10. The minimum Gasteiger partial charge on any atom is -0.327 e. The molecule has 0 spiro atoms. The number of piperazine rings is 1. The highest BCUT2D eigenvalue weighted by Gasteiger charge is 2.29. The van der Waals surface area contributed by atoms with Gasteiger partial charge in [-0.1, -0.05) is 117 Å². The van der Waals surface area contributed by atoms with Crippen molar-refractivity contribution in [1.29, 1.82) is 0 Å². The maximum absolute atomic E-state index is 2.76. The van der Waals surface area contributed by atoms with Gasteiger partial charge in [0.05, 0.1) is 53.9 Å². The zero-order valence-corrected chi connectivity index (χ0v) is 26.1.